The Morgan fingerprint density at radius 2 is 1.76 bits per heavy atom. The van der Waals surface area contributed by atoms with Crippen molar-refractivity contribution in [3.63, 3.8) is 0 Å². The van der Waals surface area contributed by atoms with Crippen molar-refractivity contribution in [1.29, 1.82) is 0 Å². The first-order valence-electron chi connectivity index (χ1n) is 11.9. The van der Waals surface area contributed by atoms with Crippen LogP contribution >= 0.6 is 0 Å². The highest BCUT2D eigenvalue weighted by Crippen LogP contribution is 2.32. The normalized spacial score (nSPS) is 14.9. The predicted octanol–water partition coefficient (Wildman–Crippen LogP) is 4.76. The van der Waals surface area contributed by atoms with Gasteiger partial charge in [0.05, 0.1) is 12.6 Å². The van der Waals surface area contributed by atoms with Crippen LogP contribution in [0, 0.1) is 0 Å². The van der Waals surface area contributed by atoms with Gasteiger partial charge in [0.15, 0.2) is 0 Å². The zero-order valence-corrected chi connectivity index (χ0v) is 19.8. The Morgan fingerprint density at radius 1 is 1.00 bits per heavy atom. The molecule has 1 aromatic heterocycles. The fourth-order valence-electron chi connectivity index (χ4n) is 4.42. The smallest absolute Gasteiger partial charge is 0.322 e. The van der Waals surface area contributed by atoms with Crippen molar-refractivity contribution in [2.24, 2.45) is 0 Å². The van der Waals surface area contributed by atoms with Crippen LogP contribution in [0.3, 0.4) is 0 Å². The molecule has 1 aliphatic rings. The third-order valence-electron chi connectivity index (χ3n) is 6.00. The lowest BCUT2D eigenvalue weighted by Gasteiger charge is -2.38. The van der Waals surface area contributed by atoms with Gasteiger partial charge in [-0.25, -0.2) is 4.79 Å². The van der Waals surface area contributed by atoms with Gasteiger partial charge in [0, 0.05) is 37.2 Å². The highest BCUT2D eigenvalue weighted by atomic mass is 16.5. The van der Waals surface area contributed by atoms with E-state index >= 15 is 0 Å². The van der Waals surface area contributed by atoms with E-state index in [1.807, 2.05) is 55.1 Å². The summed E-state index contributed by atoms with van der Waals surface area (Å²) in [7, 11) is 0. The number of carbonyl (C=O) groups is 2. The summed E-state index contributed by atoms with van der Waals surface area (Å²) in [6.45, 7) is 6.38. The maximum Gasteiger partial charge on any atom is 0.322 e. The van der Waals surface area contributed by atoms with Crippen LogP contribution in [0.25, 0.3) is 0 Å². The molecular formula is C27H32N4O3. The van der Waals surface area contributed by atoms with Crippen LogP contribution in [-0.2, 0) is 11.3 Å². The first-order chi connectivity index (χ1) is 16.6. The summed E-state index contributed by atoms with van der Waals surface area (Å²) in [5.41, 5.74) is 2.82. The van der Waals surface area contributed by atoms with Gasteiger partial charge in [0.2, 0.25) is 5.91 Å². The number of nitrogens with zero attached hydrogens (tertiary/aromatic N) is 3. The lowest BCUT2D eigenvalue weighted by molar-refractivity contribution is -0.134. The molecule has 1 atom stereocenters. The minimum absolute atomic E-state index is 0.0285. The molecule has 7 heteroatoms. The molecule has 0 spiro atoms. The van der Waals surface area contributed by atoms with Crippen molar-refractivity contribution >= 4 is 17.6 Å². The summed E-state index contributed by atoms with van der Waals surface area (Å²) < 4.78 is 7.66. The highest BCUT2D eigenvalue weighted by molar-refractivity contribution is 5.92. The molecule has 3 aromatic rings. The van der Waals surface area contributed by atoms with E-state index in [1.165, 1.54) is 0 Å². The second-order valence-corrected chi connectivity index (χ2v) is 8.34. The van der Waals surface area contributed by atoms with E-state index in [1.54, 1.807) is 17.0 Å². The third-order valence-corrected chi connectivity index (χ3v) is 6.00. The molecule has 0 saturated heterocycles. The van der Waals surface area contributed by atoms with Gasteiger partial charge in [-0.2, -0.15) is 0 Å². The lowest BCUT2D eigenvalue weighted by Crippen LogP contribution is -2.48. The Balaban J connectivity index is 1.49. The standard InChI is InChI=1S/C27H32N4O3/c1-3-16-30(27(33)28-22-12-14-23(15-13-22)34-4-2)20-25(32)31-19-18-29-17-8-11-24(29)26(31)21-9-6-5-7-10-21/h5-15,17,26H,3-4,16,18-20H2,1-2H3,(H,28,33). The Bertz CT molecular complexity index is 1090. The van der Waals surface area contributed by atoms with Gasteiger partial charge in [-0.3, -0.25) is 4.79 Å². The number of benzene rings is 2. The van der Waals surface area contributed by atoms with E-state index in [-0.39, 0.29) is 24.5 Å². The molecule has 178 valence electrons. The van der Waals surface area contributed by atoms with Crippen molar-refractivity contribution in [2.75, 3.05) is 31.6 Å². The van der Waals surface area contributed by atoms with Gasteiger partial charge < -0.3 is 24.4 Å². The van der Waals surface area contributed by atoms with Crippen LogP contribution in [-0.4, -0.2) is 52.5 Å². The maximum absolute atomic E-state index is 13.6. The molecule has 0 saturated carbocycles. The van der Waals surface area contributed by atoms with Gasteiger partial charge in [-0.1, -0.05) is 37.3 Å². The average Bonchev–Trinajstić information content (AvgIpc) is 3.34. The van der Waals surface area contributed by atoms with E-state index in [2.05, 4.69) is 34.3 Å². The summed E-state index contributed by atoms with van der Waals surface area (Å²) in [5.74, 6) is 0.694. The number of amides is 3. The van der Waals surface area contributed by atoms with Crippen molar-refractivity contribution in [1.82, 2.24) is 14.4 Å². The summed E-state index contributed by atoms with van der Waals surface area (Å²) in [6.07, 6.45) is 2.82. The van der Waals surface area contributed by atoms with E-state index in [9.17, 15) is 9.59 Å². The number of carbonyl (C=O) groups excluding carboxylic acids is 2. The van der Waals surface area contributed by atoms with Crippen molar-refractivity contribution in [2.45, 2.75) is 32.9 Å². The summed E-state index contributed by atoms with van der Waals surface area (Å²) in [5, 5.41) is 2.92. The van der Waals surface area contributed by atoms with Crippen molar-refractivity contribution in [3.8, 4) is 5.75 Å². The molecule has 34 heavy (non-hydrogen) atoms. The van der Waals surface area contributed by atoms with Crippen molar-refractivity contribution in [3.05, 3.63) is 84.2 Å². The Labute approximate surface area is 200 Å². The number of anilines is 1. The van der Waals surface area contributed by atoms with E-state index in [4.69, 9.17) is 4.74 Å². The van der Waals surface area contributed by atoms with Crippen LogP contribution < -0.4 is 10.1 Å². The summed E-state index contributed by atoms with van der Waals surface area (Å²) in [6, 6.07) is 21.0. The van der Waals surface area contributed by atoms with Gasteiger partial charge in [-0.05, 0) is 55.3 Å². The van der Waals surface area contributed by atoms with Gasteiger partial charge in [0.1, 0.15) is 12.3 Å². The molecule has 7 nitrogen and oxygen atoms in total. The third kappa shape index (κ3) is 5.25. The number of hydrogen-bond acceptors (Lipinski definition) is 3. The quantitative estimate of drug-likeness (QED) is 0.527. The average molecular weight is 461 g/mol. The molecule has 0 fully saturated rings. The van der Waals surface area contributed by atoms with Crippen LogP contribution in [0.4, 0.5) is 10.5 Å². The minimum atomic E-state index is -0.281. The SMILES string of the molecule is CCCN(CC(=O)N1CCn2cccc2C1c1ccccc1)C(=O)Nc1ccc(OCC)cc1. The number of aromatic nitrogens is 1. The Kier molecular flexibility index (Phi) is 7.52. The first kappa shape index (κ1) is 23.4. The molecule has 0 aliphatic carbocycles. The van der Waals surface area contributed by atoms with Crippen LogP contribution in [0.1, 0.15) is 37.6 Å². The summed E-state index contributed by atoms with van der Waals surface area (Å²) >= 11 is 0. The molecule has 1 aliphatic heterocycles. The molecule has 2 heterocycles. The number of ether oxygens (including phenoxy) is 1. The van der Waals surface area contributed by atoms with Gasteiger partial charge >= 0.3 is 6.03 Å². The first-order valence-corrected chi connectivity index (χ1v) is 11.9. The number of rotatable bonds is 8. The molecule has 2 aromatic carbocycles. The molecule has 3 amide bonds. The summed E-state index contributed by atoms with van der Waals surface area (Å²) in [4.78, 5) is 30.1. The van der Waals surface area contributed by atoms with Crippen LogP contribution in [0.15, 0.2) is 72.9 Å². The number of urea groups is 1. The molecule has 1 N–H and O–H groups in total. The number of fused-ring (bicyclic) bond motifs is 1. The molecule has 1 unspecified atom stereocenters. The topological polar surface area (TPSA) is 66.8 Å². The molecule has 0 radical (unpaired) electrons. The van der Waals surface area contributed by atoms with Gasteiger partial charge in [0.25, 0.3) is 0 Å². The Hall–Kier alpha value is -3.74. The maximum atomic E-state index is 13.6. The predicted molar refractivity (Wildman–Crippen MR) is 133 cm³/mol. The van der Waals surface area contributed by atoms with Gasteiger partial charge in [-0.15, -0.1) is 0 Å². The Morgan fingerprint density at radius 3 is 2.47 bits per heavy atom. The second kappa shape index (κ2) is 10.9. The number of hydrogen-bond donors (Lipinski definition) is 1. The molecule has 4 rings (SSSR count). The minimum Gasteiger partial charge on any atom is -0.494 e. The number of nitrogens with one attached hydrogen (secondary N) is 1. The van der Waals surface area contributed by atoms with Crippen LogP contribution in [0.2, 0.25) is 0 Å². The fraction of sp³-hybridized carbons (Fsp3) is 0.333. The van der Waals surface area contributed by atoms with E-state index in [0.717, 1.165) is 30.0 Å². The van der Waals surface area contributed by atoms with E-state index < -0.39 is 0 Å². The molecule has 0 bridgehead atoms. The van der Waals surface area contributed by atoms with Crippen LogP contribution in [0.5, 0.6) is 5.75 Å². The second-order valence-electron chi connectivity index (χ2n) is 8.34. The highest BCUT2D eigenvalue weighted by Gasteiger charge is 2.33. The lowest BCUT2D eigenvalue weighted by atomic mass is 10.00. The zero-order chi connectivity index (χ0) is 23.9. The monoisotopic (exact) mass is 460 g/mol. The molecular weight excluding hydrogens is 428 g/mol. The fourth-order valence-corrected chi connectivity index (χ4v) is 4.42. The van der Waals surface area contributed by atoms with E-state index in [0.29, 0.717) is 25.4 Å². The zero-order valence-electron chi connectivity index (χ0n) is 19.8. The largest absolute Gasteiger partial charge is 0.494 e. The van der Waals surface area contributed by atoms with Crippen molar-refractivity contribution < 1.29 is 14.3 Å².